The minimum atomic E-state index is 0.639. The van der Waals surface area contributed by atoms with Gasteiger partial charge in [-0.3, -0.25) is 0 Å². The lowest BCUT2D eigenvalue weighted by atomic mass is 9.78. The molecule has 0 aliphatic carbocycles. The molecular weight excluding hydrogens is 266 g/mol. The number of hydrogen-bond acceptors (Lipinski definition) is 1. The fraction of sp³-hybridized carbons (Fsp3) is 0.714. The first-order valence-electron chi connectivity index (χ1n) is 9.05. The summed E-state index contributed by atoms with van der Waals surface area (Å²) in [6.07, 6.45) is 6.16. The van der Waals surface area contributed by atoms with Gasteiger partial charge in [0.1, 0.15) is 0 Å². The van der Waals surface area contributed by atoms with E-state index in [0.29, 0.717) is 12.5 Å². The van der Waals surface area contributed by atoms with E-state index in [1.165, 1.54) is 48.0 Å². The van der Waals surface area contributed by atoms with Gasteiger partial charge in [-0.15, -0.1) is 0 Å². The molecule has 0 heterocycles. The molecule has 0 fully saturated rings. The number of rotatable bonds is 10. The van der Waals surface area contributed by atoms with Crippen LogP contribution in [0.1, 0.15) is 80.6 Å². The van der Waals surface area contributed by atoms with Gasteiger partial charge in [0.25, 0.3) is 0 Å². The highest BCUT2D eigenvalue weighted by Crippen LogP contribution is 2.34. The normalized spacial score (nSPS) is 15.5. The molecule has 0 aromatic carbocycles. The van der Waals surface area contributed by atoms with Crippen LogP contribution >= 0.6 is 0 Å². The van der Waals surface area contributed by atoms with Crippen LogP contribution in [0, 0.1) is 11.8 Å². The summed E-state index contributed by atoms with van der Waals surface area (Å²) in [5.41, 5.74) is 12.6. The number of allylic oxidation sites excluding steroid dienone is 4. The molecule has 1 unspecified atom stereocenters. The Hall–Kier alpha value is -0.820. The van der Waals surface area contributed by atoms with E-state index in [0.717, 1.165) is 17.9 Å². The molecule has 1 nitrogen and oxygen atoms in total. The molecule has 0 bridgehead atoms. The van der Waals surface area contributed by atoms with Gasteiger partial charge in [0.15, 0.2) is 0 Å². The van der Waals surface area contributed by atoms with Crippen molar-refractivity contribution in [3.8, 4) is 0 Å². The highest BCUT2D eigenvalue weighted by Gasteiger charge is 2.20. The van der Waals surface area contributed by atoms with E-state index in [4.69, 9.17) is 5.73 Å². The van der Waals surface area contributed by atoms with Crippen molar-refractivity contribution in [1.29, 1.82) is 0 Å². The smallest absolute Gasteiger partial charge is 0.00397 e. The van der Waals surface area contributed by atoms with Crippen molar-refractivity contribution in [3.05, 3.63) is 34.4 Å². The van der Waals surface area contributed by atoms with Crippen LogP contribution in [-0.4, -0.2) is 6.54 Å². The first-order valence-corrected chi connectivity index (χ1v) is 9.05. The van der Waals surface area contributed by atoms with Gasteiger partial charge in [0.2, 0.25) is 0 Å². The molecule has 0 spiro atoms. The molecule has 22 heavy (non-hydrogen) atoms. The molecule has 1 heteroatoms. The molecule has 0 amide bonds. The van der Waals surface area contributed by atoms with E-state index < -0.39 is 0 Å². The van der Waals surface area contributed by atoms with Crippen molar-refractivity contribution < 1.29 is 0 Å². The fourth-order valence-corrected chi connectivity index (χ4v) is 3.62. The summed E-state index contributed by atoms with van der Waals surface area (Å²) in [7, 11) is 0. The van der Waals surface area contributed by atoms with E-state index in [-0.39, 0.29) is 0 Å². The minimum Gasteiger partial charge on any atom is -0.330 e. The van der Waals surface area contributed by atoms with Gasteiger partial charge in [0, 0.05) is 0 Å². The topological polar surface area (TPSA) is 26.0 Å². The maximum absolute atomic E-state index is 5.75. The third-order valence-electron chi connectivity index (χ3n) is 5.05. The van der Waals surface area contributed by atoms with E-state index in [9.17, 15) is 0 Å². The van der Waals surface area contributed by atoms with Crippen molar-refractivity contribution in [2.45, 2.75) is 80.6 Å². The molecule has 0 aromatic rings. The maximum Gasteiger partial charge on any atom is -0.00397 e. The zero-order valence-electron chi connectivity index (χ0n) is 16.2. The zero-order valence-corrected chi connectivity index (χ0v) is 16.2. The Bertz CT molecular complexity index is 406. The van der Waals surface area contributed by atoms with Crippen molar-refractivity contribution >= 4 is 0 Å². The summed E-state index contributed by atoms with van der Waals surface area (Å²) in [6, 6.07) is 0. The van der Waals surface area contributed by atoms with Crippen LogP contribution in [0.3, 0.4) is 0 Å². The molecule has 2 N–H and O–H groups in total. The Morgan fingerprint density at radius 3 is 1.86 bits per heavy atom. The summed E-state index contributed by atoms with van der Waals surface area (Å²) in [5, 5.41) is 0. The van der Waals surface area contributed by atoms with Gasteiger partial charge < -0.3 is 5.73 Å². The monoisotopic (exact) mass is 305 g/mol. The third-order valence-corrected chi connectivity index (χ3v) is 5.05. The van der Waals surface area contributed by atoms with Gasteiger partial charge in [-0.25, -0.2) is 0 Å². The Morgan fingerprint density at radius 1 is 1.00 bits per heavy atom. The quantitative estimate of drug-likeness (QED) is 0.463. The summed E-state index contributed by atoms with van der Waals surface area (Å²) >= 11 is 0. The molecule has 0 rings (SSSR count). The second-order valence-corrected chi connectivity index (χ2v) is 6.91. The van der Waals surface area contributed by atoms with Crippen molar-refractivity contribution in [2.75, 3.05) is 6.54 Å². The van der Waals surface area contributed by atoms with E-state index in [1.807, 2.05) is 0 Å². The third kappa shape index (κ3) is 6.12. The van der Waals surface area contributed by atoms with Crippen LogP contribution in [0.4, 0.5) is 0 Å². The van der Waals surface area contributed by atoms with Gasteiger partial charge in [-0.2, -0.15) is 0 Å². The standard InChI is InChI=1S/C21H39N/c1-9-11-20(12-10-2)18(7)17(6)19(8)21(15(3)4)16(5)13-14-22/h18,20H,3,9-14,22H2,1-2,4-8H3/b19-17+,21-16+. The second-order valence-electron chi connectivity index (χ2n) is 6.91. The minimum absolute atomic E-state index is 0.639. The zero-order chi connectivity index (χ0) is 17.3. The molecule has 0 saturated carbocycles. The predicted molar refractivity (Wildman–Crippen MR) is 102 cm³/mol. The number of hydrogen-bond donors (Lipinski definition) is 1. The van der Waals surface area contributed by atoms with E-state index in [1.54, 1.807) is 0 Å². The van der Waals surface area contributed by atoms with Gasteiger partial charge in [0.05, 0.1) is 0 Å². The first kappa shape index (κ1) is 21.2. The van der Waals surface area contributed by atoms with E-state index in [2.05, 4.69) is 55.0 Å². The Labute approximate surface area is 139 Å². The lowest BCUT2D eigenvalue weighted by Crippen LogP contribution is -2.15. The van der Waals surface area contributed by atoms with Gasteiger partial charge in [-0.1, -0.05) is 69.8 Å². The molecule has 0 saturated heterocycles. The maximum atomic E-state index is 5.75. The first-order chi connectivity index (χ1) is 10.3. The van der Waals surface area contributed by atoms with Gasteiger partial charge >= 0.3 is 0 Å². The summed E-state index contributed by atoms with van der Waals surface area (Å²) in [4.78, 5) is 0. The van der Waals surface area contributed by atoms with Crippen LogP contribution in [0.25, 0.3) is 0 Å². The highest BCUT2D eigenvalue weighted by molar-refractivity contribution is 5.48. The molecule has 1 atom stereocenters. The summed E-state index contributed by atoms with van der Waals surface area (Å²) in [5.74, 6) is 1.44. The molecule has 0 radical (unpaired) electrons. The molecule has 0 aromatic heterocycles. The predicted octanol–water partition coefficient (Wildman–Crippen LogP) is 6.42. The Kier molecular flexibility index (Phi) is 10.4. The van der Waals surface area contributed by atoms with Gasteiger partial charge in [-0.05, 0) is 63.6 Å². The second kappa shape index (κ2) is 10.8. The van der Waals surface area contributed by atoms with Crippen LogP contribution in [-0.2, 0) is 0 Å². The largest absolute Gasteiger partial charge is 0.330 e. The number of nitrogens with two attached hydrogens (primary N) is 1. The molecular formula is C21H39N. The molecule has 128 valence electrons. The van der Waals surface area contributed by atoms with E-state index >= 15 is 0 Å². The van der Waals surface area contributed by atoms with Crippen molar-refractivity contribution in [1.82, 2.24) is 0 Å². The van der Waals surface area contributed by atoms with Crippen LogP contribution in [0.5, 0.6) is 0 Å². The summed E-state index contributed by atoms with van der Waals surface area (Å²) in [6.45, 7) is 20.8. The molecule has 0 aliphatic rings. The van der Waals surface area contributed by atoms with Crippen molar-refractivity contribution in [2.24, 2.45) is 17.6 Å². The Morgan fingerprint density at radius 2 is 1.50 bits per heavy atom. The van der Waals surface area contributed by atoms with Crippen LogP contribution in [0.2, 0.25) is 0 Å². The van der Waals surface area contributed by atoms with Crippen LogP contribution < -0.4 is 5.73 Å². The average Bonchev–Trinajstić information content (AvgIpc) is 2.45. The summed E-state index contributed by atoms with van der Waals surface area (Å²) < 4.78 is 0. The van der Waals surface area contributed by atoms with Crippen molar-refractivity contribution in [3.63, 3.8) is 0 Å². The fourth-order valence-electron chi connectivity index (χ4n) is 3.62. The van der Waals surface area contributed by atoms with Crippen LogP contribution in [0.15, 0.2) is 34.4 Å². The lowest BCUT2D eigenvalue weighted by molar-refractivity contribution is 0.344. The Balaban J connectivity index is 5.62. The SMILES string of the molecule is C=C(C)C(=C(/C)CCN)/C(C)=C(\C)C(C)C(CCC)CCC. The highest BCUT2D eigenvalue weighted by atomic mass is 14.5. The molecule has 0 aliphatic heterocycles. The lowest BCUT2D eigenvalue weighted by Gasteiger charge is -2.27. The average molecular weight is 306 g/mol.